The SMILES string of the molecule is NC1CCC(c2ccc3c(c2)CCC(CSc2cccnc2)C3)C1. The van der Waals surface area contributed by atoms with Gasteiger partial charge in [0.15, 0.2) is 0 Å². The fourth-order valence-electron chi connectivity index (χ4n) is 4.21. The number of rotatable bonds is 4. The maximum Gasteiger partial charge on any atom is 0.0403 e. The second-order valence-corrected chi connectivity index (χ2v) is 8.50. The zero-order chi connectivity index (χ0) is 16.4. The van der Waals surface area contributed by atoms with Gasteiger partial charge in [0.05, 0.1) is 0 Å². The van der Waals surface area contributed by atoms with Crippen molar-refractivity contribution in [1.82, 2.24) is 4.98 Å². The number of nitrogens with zero attached hydrogens (tertiary/aromatic N) is 1. The summed E-state index contributed by atoms with van der Waals surface area (Å²) in [5.41, 5.74) is 10.8. The van der Waals surface area contributed by atoms with Crippen molar-refractivity contribution in [3.05, 3.63) is 59.4 Å². The minimum atomic E-state index is 0.417. The first-order chi connectivity index (χ1) is 11.8. The summed E-state index contributed by atoms with van der Waals surface area (Å²) in [6.45, 7) is 0. The third-order valence-electron chi connectivity index (χ3n) is 5.63. The van der Waals surface area contributed by atoms with Crippen molar-refractivity contribution < 1.29 is 0 Å². The predicted octanol–water partition coefficient (Wildman–Crippen LogP) is 4.57. The van der Waals surface area contributed by atoms with Crippen molar-refractivity contribution in [3.8, 4) is 0 Å². The van der Waals surface area contributed by atoms with Gasteiger partial charge in [-0.1, -0.05) is 18.2 Å². The summed E-state index contributed by atoms with van der Waals surface area (Å²) in [4.78, 5) is 5.50. The number of aryl methyl sites for hydroxylation is 1. The quantitative estimate of drug-likeness (QED) is 0.830. The minimum Gasteiger partial charge on any atom is -0.328 e. The molecular formula is C21H26N2S. The molecule has 1 heterocycles. The first-order valence-electron chi connectivity index (χ1n) is 9.18. The van der Waals surface area contributed by atoms with E-state index in [0.717, 1.165) is 5.92 Å². The van der Waals surface area contributed by atoms with Crippen LogP contribution in [0.25, 0.3) is 0 Å². The van der Waals surface area contributed by atoms with Gasteiger partial charge in [-0.05, 0) is 79.2 Å². The Balaban J connectivity index is 1.38. The molecule has 126 valence electrons. The Hall–Kier alpha value is -1.32. The van der Waals surface area contributed by atoms with E-state index in [4.69, 9.17) is 5.73 Å². The average Bonchev–Trinajstić information content (AvgIpc) is 3.07. The van der Waals surface area contributed by atoms with Gasteiger partial charge in [-0.3, -0.25) is 4.98 Å². The molecule has 1 fully saturated rings. The Kier molecular flexibility index (Phi) is 4.91. The van der Waals surface area contributed by atoms with Crippen LogP contribution < -0.4 is 5.73 Å². The summed E-state index contributed by atoms with van der Waals surface area (Å²) in [5, 5.41) is 0. The molecule has 1 aromatic heterocycles. The van der Waals surface area contributed by atoms with Crippen LogP contribution in [0.1, 0.15) is 48.3 Å². The Morgan fingerprint density at radius 1 is 1.12 bits per heavy atom. The van der Waals surface area contributed by atoms with E-state index < -0.39 is 0 Å². The van der Waals surface area contributed by atoms with Crippen molar-refractivity contribution in [3.63, 3.8) is 0 Å². The van der Waals surface area contributed by atoms with Crippen LogP contribution in [-0.4, -0.2) is 16.8 Å². The molecule has 0 bridgehead atoms. The number of fused-ring (bicyclic) bond motifs is 1. The number of hydrogen-bond donors (Lipinski definition) is 1. The first-order valence-corrected chi connectivity index (χ1v) is 10.2. The number of thioether (sulfide) groups is 1. The molecule has 1 saturated carbocycles. The van der Waals surface area contributed by atoms with E-state index in [0.29, 0.717) is 12.0 Å². The lowest BCUT2D eigenvalue weighted by molar-refractivity contribution is 0.508. The summed E-state index contributed by atoms with van der Waals surface area (Å²) < 4.78 is 0. The summed E-state index contributed by atoms with van der Waals surface area (Å²) in [7, 11) is 0. The highest BCUT2D eigenvalue weighted by Gasteiger charge is 2.25. The fourth-order valence-corrected chi connectivity index (χ4v) is 5.24. The molecule has 24 heavy (non-hydrogen) atoms. The van der Waals surface area contributed by atoms with Crippen LogP contribution in [0, 0.1) is 5.92 Å². The van der Waals surface area contributed by atoms with Crippen LogP contribution in [0.5, 0.6) is 0 Å². The molecule has 2 aliphatic carbocycles. The summed E-state index contributed by atoms with van der Waals surface area (Å²) in [5.74, 6) is 2.68. The zero-order valence-corrected chi connectivity index (χ0v) is 15.0. The predicted molar refractivity (Wildman–Crippen MR) is 101 cm³/mol. The minimum absolute atomic E-state index is 0.417. The fraction of sp³-hybridized carbons (Fsp3) is 0.476. The van der Waals surface area contributed by atoms with Gasteiger partial charge in [0, 0.05) is 29.1 Å². The lowest BCUT2D eigenvalue weighted by Crippen LogP contribution is -2.17. The van der Waals surface area contributed by atoms with E-state index in [-0.39, 0.29) is 0 Å². The van der Waals surface area contributed by atoms with Gasteiger partial charge < -0.3 is 5.73 Å². The van der Waals surface area contributed by atoms with Crippen LogP contribution in [0.15, 0.2) is 47.6 Å². The van der Waals surface area contributed by atoms with Gasteiger partial charge in [-0.15, -0.1) is 11.8 Å². The molecule has 0 amide bonds. The summed E-state index contributed by atoms with van der Waals surface area (Å²) in [6.07, 6.45) is 11.2. The topological polar surface area (TPSA) is 38.9 Å². The third kappa shape index (κ3) is 3.68. The monoisotopic (exact) mass is 338 g/mol. The lowest BCUT2D eigenvalue weighted by Gasteiger charge is -2.25. The van der Waals surface area contributed by atoms with Gasteiger partial charge in [0.1, 0.15) is 0 Å². The third-order valence-corrected chi connectivity index (χ3v) is 6.84. The first kappa shape index (κ1) is 16.2. The molecule has 0 spiro atoms. The Labute approximate surface area is 149 Å². The number of nitrogens with two attached hydrogens (primary N) is 1. The molecule has 2 aromatic rings. The van der Waals surface area contributed by atoms with Crippen LogP contribution in [0.4, 0.5) is 0 Å². The second-order valence-electron chi connectivity index (χ2n) is 7.41. The summed E-state index contributed by atoms with van der Waals surface area (Å²) in [6, 6.07) is 11.9. The van der Waals surface area contributed by atoms with E-state index in [1.54, 1.807) is 11.1 Å². The maximum absolute atomic E-state index is 6.09. The molecule has 2 N–H and O–H groups in total. The molecule has 3 heteroatoms. The van der Waals surface area contributed by atoms with Crippen LogP contribution in [0.3, 0.4) is 0 Å². The Bertz CT molecular complexity index is 685. The van der Waals surface area contributed by atoms with E-state index in [1.165, 1.54) is 54.7 Å². The van der Waals surface area contributed by atoms with Crippen molar-refractivity contribution in [2.45, 2.75) is 55.4 Å². The van der Waals surface area contributed by atoms with Gasteiger partial charge in [-0.25, -0.2) is 0 Å². The van der Waals surface area contributed by atoms with Gasteiger partial charge in [-0.2, -0.15) is 0 Å². The number of benzene rings is 1. The highest BCUT2D eigenvalue weighted by atomic mass is 32.2. The largest absolute Gasteiger partial charge is 0.328 e. The normalized spacial score (nSPS) is 26.3. The van der Waals surface area contributed by atoms with Crippen molar-refractivity contribution in [2.24, 2.45) is 11.7 Å². The van der Waals surface area contributed by atoms with Crippen LogP contribution in [-0.2, 0) is 12.8 Å². The summed E-state index contributed by atoms with van der Waals surface area (Å²) >= 11 is 1.95. The van der Waals surface area contributed by atoms with Gasteiger partial charge >= 0.3 is 0 Å². The molecule has 0 aliphatic heterocycles. The van der Waals surface area contributed by atoms with Crippen LogP contribution >= 0.6 is 11.8 Å². The Morgan fingerprint density at radius 2 is 2.08 bits per heavy atom. The maximum atomic E-state index is 6.09. The second kappa shape index (κ2) is 7.28. The smallest absolute Gasteiger partial charge is 0.0403 e. The Morgan fingerprint density at radius 3 is 2.88 bits per heavy atom. The highest BCUT2D eigenvalue weighted by Crippen LogP contribution is 2.36. The van der Waals surface area contributed by atoms with Crippen LogP contribution in [0.2, 0.25) is 0 Å². The van der Waals surface area contributed by atoms with Crippen molar-refractivity contribution in [2.75, 3.05) is 5.75 Å². The molecule has 1 aromatic carbocycles. The molecule has 0 radical (unpaired) electrons. The zero-order valence-electron chi connectivity index (χ0n) is 14.2. The average molecular weight is 339 g/mol. The van der Waals surface area contributed by atoms with Crippen molar-refractivity contribution in [1.29, 1.82) is 0 Å². The molecule has 2 aliphatic rings. The standard InChI is InChI=1S/C21H26N2S/c22-20-8-7-19(12-20)18-6-5-16-10-15(3-4-17(16)11-18)14-24-21-2-1-9-23-13-21/h1-2,5-6,9,11,13,15,19-20H,3-4,7-8,10,12,14,22H2. The van der Waals surface area contributed by atoms with E-state index in [9.17, 15) is 0 Å². The molecule has 0 saturated heterocycles. The highest BCUT2D eigenvalue weighted by molar-refractivity contribution is 7.99. The lowest BCUT2D eigenvalue weighted by atomic mass is 9.82. The number of pyridine rings is 1. The van der Waals surface area contributed by atoms with E-state index in [2.05, 4.69) is 29.2 Å². The molecule has 3 atom stereocenters. The molecule has 2 nitrogen and oxygen atoms in total. The molecule has 4 rings (SSSR count). The van der Waals surface area contributed by atoms with E-state index in [1.807, 2.05) is 30.2 Å². The van der Waals surface area contributed by atoms with Gasteiger partial charge in [0.25, 0.3) is 0 Å². The molecule has 3 unspecified atom stereocenters. The number of hydrogen-bond acceptors (Lipinski definition) is 3. The van der Waals surface area contributed by atoms with Crippen molar-refractivity contribution >= 4 is 11.8 Å². The number of aromatic nitrogens is 1. The van der Waals surface area contributed by atoms with Gasteiger partial charge in [0.2, 0.25) is 0 Å². The molecular weight excluding hydrogens is 312 g/mol. The van der Waals surface area contributed by atoms with E-state index >= 15 is 0 Å².